The molecule has 18 atom stereocenters. The summed E-state index contributed by atoms with van der Waals surface area (Å²) in [6.45, 7) is 16.3. The summed E-state index contributed by atoms with van der Waals surface area (Å²) in [5, 5.41) is 57.6. The molecule has 3 saturated heterocycles. The zero-order valence-electron chi connectivity index (χ0n) is 32.9. The summed E-state index contributed by atoms with van der Waals surface area (Å²) in [6.07, 6.45) is -9.71. The van der Waals surface area contributed by atoms with Gasteiger partial charge < -0.3 is 58.9 Å². The van der Waals surface area contributed by atoms with Crippen molar-refractivity contribution < 1.29 is 63.5 Å². The number of carbonyl (C=O) groups is 2. The van der Waals surface area contributed by atoms with E-state index in [1.165, 1.54) is 27.9 Å². The van der Waals surface area contributed by atoms with Crippen LogP contribution in [0.5, 0.6) is 0 Å². The fourth-order valence-corrected chi connectivity index (χ4v) is 8.41. The Morgan fingerprint density at radius 1 is 0.882 bits per heavy atom. The summed E-state index contributed by atoms with van der Waals surface area (Å²) in [6, 6.07) is -0.324. The van der Waals surface area contributed by atoms with Gasteiger partial charge in [0, 0.05) is 37.3 Å². The molecule has 3 fully saturated rings. The SMILES string of the molecule is CC[C@H]1OC(=O)[C@H](C)[C@@H](O[C@@H]2C[C@](C)(OC)[C@H](O)[C@@H](C)O2)[C@H](C)[C@@H](O[C@H]2O[C@H](C)C[C@H](N(C)C)[C@H]2O)[C@](C)(O)C[C@@H](C)C(=O)[C@H](C)[C@@H](O)[C@@]1(C)O. The first-order chi connectivity index (χ1) is 23.4. The molecule has 3 aliphatic rings. The Bertz CT molecular complexity index is 1170. The monoisotopic (exact) mass is 733 g/mol. The van der Waals surface area contributed by atoms with Crippen LogP contribution in [0.1, 0.15) is 94.9 Å². The average Bonchev–Trinajstić information content (AvgIpc) is 3.05. The lowest BCUT2D eigenvalue weighted by Gasteiger charge is -2.49. The predicted molar refractivity (Wildman–Crippen MR) is 186 cm³/mol. The molecule has 298 valence electrons. The Kier molecular flexibility index (Phi) is 14.7. The van der Waals surface area contributed by atoms with Gasteiger partial charge in [0.2, 0.25) is 0 Å². The second-order valence-corrected chi connectivity index (χ2v) is 16.5. The number of ether oxygens (including phenoxy) is 6. The maximum absolute atomic E-state index is 14.1. The van der Waals surface area contributed by atoms with E-state index in [1.54, 1.807) is 41.5 Å². The Balaban J connectivity index is 2.18. The first kappa shape index (κ1) is 44.1. The second-order valence-electron chi connectivity index (χ2n) is 16.5. The van der Waals surface area contributed by atoms with Crippen molar-refractivity contribution in [3.8, 4) is 0 Å². The summed E-state index contributed by atoms with van der Waals surface area (Å²) in [5.74, 6) is -4.98. The standard InChI is InChI=1S/C37H67NO13/c1-14-25-37(10,45)30(41)20(4)27(39)18(2)16-35(8,44)32(51-34-28(40)24(38(11)12)15-19(3)47-34)21(5)29(22(6)33(43)49-25)50-26-17-36(9,46-13)31(42)23(7)48-26/h18-26,28-32,34,40-42,44-45H,14-17H2,1-13H3/t18-,19-,20+,21+,22-,23-,24+,25-,26-,28-,29+,30-,31-,32-,34-,35-,36+,37+/m1/s1. The van der Waals surface area contributed by atoms with Crippen LogP contribution in [-0.4, -0.2) is 148 Å². The quantitative estimate of drug-likeness (QED) is 0.238. The van der Waals surface area contributed by atoms with E-state index in [0.717, 1.165) is 0 Å². The number of carbonyl (C=O) groups excluding carboxylic acids is 2. The molecule has 0 aromatic rings. The van der Waals surface area contributed by atoms with Crippen LogP contribution in [0.4, 0.5) is 0 Å². The summed E-state index contributed by atoms with van der Waals surface area (Å²) in [4.78, 5) is 29.8. The Labute approximate surface area is 304 Å². The highest BCUT2D eigenvalue weighted by Gasteiger charge is 2.53. The minimum Gasteiger partial charge on any atom is -0.459 e. The van der Waals surface area contributed by atoms with E-state index >= 15 is 0 Å². The van der Waals surface area contributed by atoms with Crippen LogP contribution in [0, 0.1) is 23.7 Å². The lowest BCUT2D eigenvalue weighted by atomic mass is 9.74. The van der Waals surface area contributed by atoms with Gasteiger partial charge in [-0.15, -0.1) is 0 Å². The van der Waals surface area contributed by atoms with E-state index in [-0.39, 0.29) is 31.4 Å². The molecule has 3 heterocycles. The van der Waals surface area contributed by atoms with Gasteiger partial charge in [-0.05, 0) is 74.9 Å². The third kappa shape index (κ3) is 9.51. The van der Waals surface area contributed by atoms with E-state index in [0.29, 0.717) is 6.42 Å². The molecule has 14 heteroatoms. The summed E-state index contributed by atoms with van der Waals surface area (Å²) >= 11 is 0. The van der Waals surface area contributed by atoms with Gasteiger partial charge in [-0.1, -0.05) is 27.7 Å². The normalized spacial score (nSPS) is 49.7. The Morgan fingerprint density at radius 3 is 2.04 bits per heavy atom. The van der Waals surface area contributed by atoms with Gasteiger partial charge in [0.1, 0.15) is 29.7 Å². The molecule has 3 aliphatic heterocycles. The fourth-order valence-electron chi connectivity index (χ4n) is 8.41. The van der Waals surface area contributed by atoms with E-state index in [4.69, 9.17) is 28.4 Å². The number of esters is 1. The van der Waals surface area contributed by atoms with Gasteiger partial charge in [0.05, 0.1) is 47.6 Å². The number of cyclic esters (lactones) is 1. The van der Waals surface area contributed by atoms with Gasteiger partial charge in [-0.3, -0.25) is 9.59 Å². The second kappa shape index (κ2) is 17.0. The number of aliphatic hydroxyl groups is 5. The number of methoxy groups -OCH3 is 1. The first-order valence-corrected chi connectivity index (χ1v) is 18.5. The maximum atomic E-state index is 14.1. The molecule has 0 aliphatic carbocycles. The molecule has 5 N–H and O–H groups in total. The number of Topliss-reactive ketones (excluding diaryl/α,β-unsaturated/α-hetero) is 1. The van der Waals surface area contributed by atoms with Crippen molar-refractivity contribution in [1.29, 1.82) is 0 Å². The van der Waals surface area contributed by atoms with Crippen molar-refractivity contribution in [2.24, 2.45) is 23.7 Å². The van der Waals surface area contributed by atoms with Crippen molar-refractivity contribution in [2.75, 3.05) is 21.2 Å². The van der Waals surface area contributed by atoms with Crippen LogP contribution in [0.2, 0.25) is 0 Å². The molecule has 14 nitrogen and oxygen atoms in total. The van der Waals surface area contributed by atoms with E-state index in [2.05, 4.69) is 0 Å². The zero-order valence-corrected chi connectivity index (χ0v) is 32.9. The van der Waals surface area contributed by atoms with Crippen molar-refractivity contribution in [2.45, 2.75) is 179 Å². The van der Waals surface area contributed by atoms with E-state index in [1.807, 2.05) is 25.9 Å². The molecule has 0 bridgehead atoms. The third-order valence-corrected chi connectivity index (χ3v) is 11.8. The zero-order chi connectivity index (χ0) is 39.0. The Hall–Kier alpha value is -1.30. The maximum Gasteiger partial charge on any atom is 0.311 e. The molecule has 51 heavy (non-hydrogen) atoms. The third-order valence-electron chi connectivity index (χ3n) is 11.8. The number of aliphatic hydroxyl groups excluding tert-OH is 3. The van der Waals surface area contributed by atoms with Crippen LogP contribution in [0.25, 0.3) is 0 Å². The van der Waals surface area contributed by atoms with Crippen LogP contribution >= 0.6 is 0 Å². The molecule has 0 spiro atoms. The van der Waals surface area contributed by atoms with E-state index in [9.17, 15) is 35.1 Å². The fraction of sp³-hybridized carbons (Fsp3) is 0.946. The highest BCUT2D eigenvalue weighted by molar-refractivity contribution is 5.83. The van der Waals surface area contributed by atoms with Gasteiger partial charge in [-0.25, -0.2) is 0 Å². The highest BCUT2D eigenvalue weighted by atomic mass is 16.7. The van der Waals surface area contributed by atoms with Crippen molar-refractivity contribution in [3.63, 3.8) is 0 Å². The predicted octanol–water partition coefficient (Wildman–Crippen LogP) is 1.79. The molecule has 0 amide bonds. The Morgan fingerprint density at radius 2 is 1.49 bits per heavy atom. The molecule has 0 saturated carbocycles. The minimum absolute atomic E-state index is 0.0936. The first-order valence-electron chi connectivity index (χ1n) is 18.5. The van der Waals surface area contributed by atoms with Crippen molar-refractivity contribution in [3.05, 3.63) is 0 Å². The molecule has 0 unspecified atom stereocenters. The minimum atomic E-state index is -1.99. The lowest BCUT2D eigenvalue weighted by molar-refractivity contribution is -0.318. The molecule has 0 radical (unpaired) electrons. The number of hydrogen-bond donors (Lipinski definition) is 5. The lowest BCUT2D eigenvalue weighted by Crippen LogP contribution is -2.61. The molecule has 0 aromatic carbocycles. The topological polar surface area (TPSA) is 194 Å². The molecular weight excluding hydrogens is 666 g/mol. The average molecular weight is 734 g/mol. The van der Waals surface area contributed by atoms with Crippen LogP contribution < -0.4 is 0 Å². The number of ketones is 1. The van der Waals surface area contributed by atoms with Gasteiger partial charge >= 0.3 is 5.97 Å². The number of nitrogens with zero attached hydrogens (tertiary/aromatic N) is 1. The molecule has 0 aromatic heterocycles. The van der Waals surface area contributed by atoms with Crippen molar-refractivity contribution in [1.82, 2.24) is 4.90 Å². The largest absolute Gasteiger partial charge is 0.459 e. The molecular formula is C37H67NO13. The summed E-state index contributed by atoms with van der Waals surface area (Å²) in [7, 11) is 5.18. The number of hydrogen-bond acceptors (Lipinski definition) is 14. The molecule has 3 rings (SSSR count). The van der Waals surface area contributed by atoms with Gasteiger partial charge in [0.15, 0.2) is 12.6 Å². The van der Waals surface area contributed by atoms with Gasteiger partial charge in [-0.2, -0.15) is 0 Å². The van der Waals surface area contributed by atoms with Gasteiger partial charge in [0.25, 0.3) is 0 Å². The smallest absolute Gasteiger partial charge is 0.311 e. The van der Waals surface area contributed by atoms with Crippen LogP contribution in [-0.2, 0) is 38.0 Å². The van der Waals surface area contributed by atoms with Crippen LogP contribution in [0.3, 0.4) is 0 Å². The van der Waals surface area contributed by atoms with Crippen molar-refractivity contribution >= 4 is 11.8 Å². The summed E-state index contributed by atoms with van der Waals surface area (Å²) < 4.78 is 37.1. The summed E-state index contributed by atoms with van der Waals surface area (Å²) in [5.41, 5.74) is -4.84. The van der Waals surface area contributed by atoms with Crippen LogP contribution in [0.15, 0.2) is 0 Å². The van der Waals surface area contributed by atoms with E-state index < -0.39 is 108 Å². The number of likely N-dealkylation sites (N-methyl/N-ethyl adjacent to an activating group) is 1. The highest BCUT2D eigenvalue weighted by Crippen LogP contribution is 2.40. The number of rotatable bonds is 7.